The van der Waals surface area contributed by atoms with E-state index >= 15 is 0 Å². The number of ether oxygens (including phenoxy) is 6. The Kier molecular flexibility index (Phi) is 11.8. The minimum atomic E-state index is -1.20. The van der Waals surface area contributed by atoms with Gasteiger partial charge in [-0.25, -0.2) is 15.0 Å². The average Bonchev–Trinajstić information content (AvgIpc) is 3.82. The molecule has 14 heteroatoms. The molecule has 0 saturated carbocycles. The van der Waals surface area contributed by atoms with Gasteiger partial charge < -0.3 is 38.8 Å². The SMILES string of the molecule is COc1ccc(C(OC[C@H]2O[C@@H](n3cnc4c(NC(=O)COc5ccccc5)ncnc43)[C@H](OCCC#N)[C@@H]2O)(c2ccccc2)c2ccc(OC)cc2)cc1. The molecule has 0 unspecified atom stereocenters. The highest BCUT2D eigenvalue weighted by Gasteiger charge is 2.48. The van der Waals surface area contributed by atoms with E-state index in [1.54, 1.807) is 30.9 Å². The Morgan fingerprint density at radius 2 is 1.48 bits per heavy atom. The van der Waals surface area contributed by atoms with Crippen molar-refractivity contribution in [2.75, 3.05) is 39.4 Å². The summed E-state index contributed by atoms with van der Waals surface area (Å²) in [4.78, 5) is 26.0. The number of amides is 1. The second-order valence-corrected chi connectivity index (χ2v) is 12.8. The van der Waals surface area contributed by atoms with Crippen LogP contribution in [0.3, 0.4) is 0 Å². The van der Waals surface area contributed by atoms with Gasteiger partial charge in [0.25, 0.3) is 5.91 Å². The number of imidazole rings is 1. The summed E-state index contributed by atoms with van der Waals surface area (Å²) in [6.45, 7) is -0.295. The summed E-state index contributed by atoms with van der Waals surface area (Å²) in [7, 11) is 3.22. The average molecular weight is 757 g/mol. The Morgan fingerprint density at radius 1 is 0.857 bits per heavy atom. The first kappa shape index (κ1) is 37.9. The largest absolute Gasteiger partial charge is 0.497 e. The van der Waals surface area contributed by atoms with Gasteiger partial charge in [0.2, 0.25) is 0 Å². The van der Waals surface area contributed by atoms with Crippen LogP contribution in [0.4, 0.5) is 5.82 Å². The molecule has 1 aliphatic heterocycles. The van der Waals surface area contributed by atoms with Crippen molar-refractivity contribution in [1.29, 1.82) is 5.26 Å². The molecule has 4 atom stereocenters. The van der Waals surface area contributed by atoms with E-state index in [0.717, 1.165) is 16.7 Å². The van der Waals surface area contributed by atoms with Gasteiger partial charge in [-0.15, -0.1) is 0 Å². The molecule has 7 rings (SSSR count). The molecule has 3 heterocycles. The first-order valence-corrected chi connectivity index (χ1v) is 17.9. The van der Waals surface area contributed by atoms with Crippen molar-refractivity contribution in [3.05, 3.63) is 139 Å². The second kappa shape index (κ2) is 17.4. The Bertz CT molecular complexity index is 2200. The van der Waals surface area contributed by atoms with Gasteiger partial charge in [-0.1, -0.05) is 72.8 Å². The lowest BCUT2D eigenvalue weighted by molar-refractivity contribution is -0.118. The van der Waals surface area contributed by atoms with Crippen LogP contribution >= 0.6 is 0 Å². The van der Waals surface area contributed by atoms with Crippen molar-refractivity contribution >= 4 is 22.9 Å². The lowest BCUT2D eigenvalue weighted by atomic mass is 9.80. The van der Waals surface area contributed by atoms with Gasteiger partial charge in [0.1, 0.15) is 47.5 Å². The first-order valence-electron chi connectivity index (χ1n) is 17.9. The predicted octanol–water partition coefficient (Wildman–Crippen LogP) is 5.43. The van der Waals surface area contributed by atoms with Crippen LogP contribution < -0.4 is 19.5 Å². The van der Waals surface area contributed by atoms with Crippen molar-refractivity contribution < 1.29 is 38.3 Å². The number of aliphatic hydroxyl groups excluding tert-OH is 1. The van der Waals surface area contributed by atoms with Crippen LogP contribution in [-0.4, -0.2) is 82.9 Å². The van der Waals surface area contributed by atoms with Crippen LogP contribution in [0, 0.1) is 11.3 Å². The number of nitrogens with one attached hydrogen (secondary N) is 1. The topological polar surface area (TPSA) is 172 Å². The molecule has 2 aromatic heterocycles. The maximum atomic E-state index is 12.8. The molecule has 14 nitrogen and oxygen atoms in total. The summed E-state index contributed by atoms with van der Waals surface area (Å²) in [5.41, 5.74) is 1.88. The van der Waals surface area contributed by atoms with Crippen LogP contribution in [0.15, 0.2) is 122 Å². The van der Waals surface area contributed by atoms with Gasteiger partial charge >= 0.3 is 0 Å². The van der Waals surface area contributed by atoms with Gasteiger partial charge in [0.15, 0.2) is 29.8 Å². The smallest absolute Gasteiger partial charge is 0.263 e. The molecule has 6 aromatic rings. The first-order chi connectivity index (χ1) is 27.4. The molecular formula is C42H40N6O8. The highest BCUT2D eigenvalue weighted by atomic mass is 16.6. The lowest BCUT2D eigenvalue weighted by Crippen LogP contribution is -2.40. The van der Waals surface area contributed by atoms with Gasteiger partial charge in [-0.2, -0.15) is 5.26 Å². The highest BCUT2D eigenvalue weighted by molar-refractivity contribution is 5.97. The van der Waals surface area contributed by atoms with Crippen molar-refractivity contribution in [2.45, 2.75) is 36.6 Å². The van der Waals surface area contributed by atoms with Crippen LogP contribution in [0.1, 0.15) is 29.3 Å². The summed E-state index contributed by atoms with van der Waals surface area (Å²) >= 11 is 0. The third kappa shape index (κ3) is 7.88. The molecule has 0 spiro atoms. The summed E-state index contributed by atoms with van der Waals surface area (Å²) < 4.78 is 37.9. The van der Waals surface area contributed by atoms with Crippen LogP contribution in [0.5, 0.6) is 17.2 Å². The van der Waals surface area contributed by atoms with Crippen LogP contribution in [-0.2, 0) is 24.6 Å². The van der Waals surface area contributed by atoms with Gasteiger partial charge in [-0.3, -0.25) is 9.36 Å². The van der Waals surface area contributed by atoms with Gasteiger partial charge in [-0.05, 0) is 53.1 Å². The number of hydrogen-bond donors (Lipinski definition) is 2. The number of anilines is 1. The normalized spacial score (nSPS) is 18.0. The van der Waals surface area contributed by atoms with Crippen molar-refractivity contribution in [2.24, 2.45) is 0 Å². The third-order valence-electron chi connectivity index (χ3n) is 9.48. The molecule has 4 aromatic carbocycles. The molecule has 0 aliphatic carbocycles. The fourth-order valence-electron chi connectivity index (χ4n) is 6.75. The fourth-order valence-corrected chi connectivity index (χ4v) is 6.75. The number of nitrogens with zero attached hydrogens (tertiary/aromatic N) is 5. The highest BCUT2D eigenvalue weighted by Crippen LogP contribution is 2.43. The fraction of sp³-hybridized carbons (Fsp3) is 0.262. The quantitative estimate of drug-likeness (QED) is 0.0950. The Balaban J connectivity index is 1.20. The van der Waals surface area contributed by atoms with Gasteiger partial charge in [0.05, 0.1) is 46.3 Å². The number of rotatable bonds is 16. The zero-order valence-electron chi connectivity index (χ0n) is 30.7. The zero-order chi connectivity index (χ0) is 38.9. The molecule has 1 amide bonds. The molecule has 56 heavy (non-hydrogen) atoms. The van der Waals surface area contributed by atoms with Crippen LogP contribution in [0.2, 0.25) is 0 Å². The molecule has 1 saturated heterocycles. The van der Waals surface area contributed by atoms with Crippen LogP contribution in [0.25, 0.3) is 11.2 Å². The van der Waals surface area contributed by atoms with Crippen molar-refractivity contribution in [1.82, 2.24) is 19.5 Å². The van der Waals surface area contributed by atoms with Crippen molar-refractivity contribution in [3.63, 3.8) is 0 Å². The maximum absolute atomic E-state index is 12.8. The lowest BCUT2D eigenvalue weighted by Gasteiger charge is -2.37. The standard InChI is InChI=1S/C42H40N6O8/c1-51-31-18-14-29(15-19-31)42(28-10-5-3-6-11-28,30-16-20-32(52-2)21-17-30)55-24-34-37(50)38(53-23-9-22-43)41(56-34)48-27-46-36-39(44-26-45-40(36)48)47-35(49)25-54-33-12-7-4-8-13-33/h3-8,10-21,26-27,34,37-38,41,50H,9,23-25H2,1-2H3,(H,44,45,47,49)/t34-,37-,38-,41-/m1/s1. The zero-order valence-corrected chi connectivity index (χ0v) is 30.7. The van der Waals surface area contributed by atoms with E-state index in [0.29, 0.717) is 22.9 Å². The molecule has 286 valence electrons. The minimum Gasteiger partial charge on any atom is -0.497 e. The number of fused-ring (bicyclic) bond motifs is 1. The molecule has 1 aliphatic rings. The number of aromatic nitrogens is 4. The summed E-state index contributed by atoms with van der Waals surface area (Å²) in [5, 5.41) is 23.9. The molecular weight excluding hydrogens is 716 g/mol. The molecule has 0 bridgehead atoms. The minimum absolute atomic E-state index is 0.0433. The number of carbonyl (C=O) groups excluding carboxylic acids is 1. The maximum Gasteiger partial charge on any atom is 0.263 e. The van der Waals surface area contributed by atoms with E-state index in [-0.39, 0.29) is 37.6 Å². The number of carbonyl (C=O) groups is 1. The number of para-hydroxylation sites is 1. The monoisotopic (exact) mass is 756 g/mol. The molecule has 0 radical (unpaired) electrons. The van der Waals surface area contributed by atoms with E-state index in [2.05, 4.69) is 26.3 Å². The predicted molar refractivity (Wildman–Crippen MR) is 204 cm³/mol. The van der Waals surface area contributed by atoms with Crippen molar-refractivity contribution in [3.8, 4) is 23.3 Å². The number of aliphatic hydroxyl groups is 1. The summed E-state index contributed by atoms with van der Waals surface area (Å²) in [5.74, 6) is 1.63. The Morgan fingerprint density at radius 3 is 2.11 bits per heavy atom. The van der Waals surface area contributed by atoms with E-state index in [9.17, 15) is 15.2 Å². The Labute approximate surface area is 323 Å². The van der Waals surface area contributed by atoms with E-state index < -0.39 is 36.0 Å². The molecule has 2 N–H and O–H groups in total. The second-order valence-electron chi connectivity index (χ2n) is 12.8. The van der Waals surface area contributed by atoms with E-state index in [4.69, 9.17) is 28.4 Å². The third-order valence-corrected chi connectivity index (χ3v) is 9.48. The van der Waals surface area contributed by atoms with E-state index in [1.807, 2.05) is 97.1 Å². The number of methoxy groups -OCH3 is 2. The number of hydrogen-bond acceptors (Lipinski definition) is 12. The summed E-state index contributed by atoms with van der Waals surface area (Å²) in [6.07, 6.45) is -1.14. The number of benzene rings is 4. The number of nitriles is 1. The molecule has 1 fully saturated rings. The van der Waals surface area contributed by atoms with Gasteiger partial charge in [0, 0.05) is 0 Å². The Hall–Kier alpha value is -6.37. The van der Waals surface area contributed by atoms with E-state index in [1.165, 1.54) is 12.7 Å². The summed E-state index contributed by atoms with van der Waals surface area (Å²) in [6, 6.07) is 36.1.